The number of thioether (sulfide) groups is 1. The van der Waals surface area contributed by atoms with Crippen LogP contribution in [0.1, 0.15) is 0 Å². The number of carbonyl (C=O) groups is 1. The molecule has 0 spiro atoms. The first kappa shape index (κ1) is 14.8. The zero-order valence-electron chi connectivity index (χ0n) is 9.69. The van der Waals surface area contributed by atoms with E-state index in [9.17, 15) is 4.79 Å². The smallest absolute Gasteiger partial charge is 0.319 e. The number of hydrogen-bond acceptors (Lipinski definition) is 4. The van der Waals surface area contributed by atoms with Crippen molar-refractivity contribution in [2.75, 3.05) is 26.0 Å². The van der Waals surface area contributed by atoms with E-state index in [2.05, 4.69) is 44.8 Å². The molecule has 0 saturated carbocycles. The van der Waals surface area contributed by atoms with Crippen LogP contribution in [-0.2, 0) is 9.53 Å². The number of halogens is 1. The topological polar surface area (TPSA) is 38.3 Å². The van der Waals surface area contributed by atoms with Crippen molar-refractivity contribution in [3.63, 3.8) is 0 Å². The van der Waals surface area contributed by atoms with E-state index in [0.717, 1.165) is 12.3 Å². The van der Waals surface area contributed by atoms with Crippen molar-refractivity contribution in [1.29, 1.82) is 0 Å². The minimum atomic E-state index is -0.172. The largest absolute Gasteiger partial charge is 0.468 e. The third kappa shape index (κ3) is 6.28. The number of rotatable bonds is 7. The Morgan fingerprint density at radius 3 is 2.82 bits per heavy atom. The van der Waals surface area contributed by atoms with Gasteiger partial charge in [-0.05, 0) is 12.1 Å². The monoisotopic (exact) mass is 365 g/mol. The minimum absolute atomic E-state index is 0.112. The van der Waals surface area contributed by atoms with Crippen LogP contribution in [0, 0.1) is 0 Å². The molecule has 0 bridgehead atoms. The van der Waals surface area contributed by atoms with E-state index >= 15 is 0 Å². The molecule has 0 radical (unpaired) electrons. The summed E-state index contributed by atoms with van der Waals surface area (Å²) in [7, 11) is 1.42. The molecule has 0 aliphatic rings. The Labute approximate surface area is 120 Å². The molecule has 1 atom stereocenters. The molecule has 17 heavy (non-hydrogen) atoms. The highest BCUT2D eigenvalue weighted by Gasteiger charge is 2.13. The van der Waals surface area contributed by atoms with Crippen molar-refractivity contribution in [3.05, 3.63) is 30.3 Å². The molecule has 5 heteroatoms. The molecule has 1 aromatic rings. The van der Waals surface area contributed by atoms with Gasteiger partial charge in [-0.1, -0.05) is 40.8 Å². The van der Waals surface area contributed by atoms with Crippen molar-refractivity contribution in [2.24, 2.45) is 0 Å². The van der Waals surface area contributed by atoms with Crippen LogP contribution < -0.4 is 5.32 Å². The molecule has 0 heterocycles. The number of methoxy groups -OCH3 is 1. The molecule has 1 unspecified atom stereocenters. The van der Waals surface area contributed by atoms with E-state index in [0.29, 0.717) is 6.54 Å². The Balaban J connectivity index is 2.07. The van der Waals surface area contributed by atoms with Crippen LogP contribution >= 0.6 is 34.4 Å². The van der Waals surface area contributed by atoms with E-state index in [1.54, 1.807) is 11.8 Å². The molecule has 0 amide bonds. The Morgan fingerprint density at radius 1 is 1.47 bits per heavy atom. The Kier molecular flexibility index (Phi) is 7.63. The van der Waals surface area contributed by atoms with Gasteiger partial charge in [-0.3, -0.25) is 4.79 Å². The van der Waals surface area contributed by atoms with Gasteiger partial charge in [0.1, 0.15) is 3.92 Å². The molecule has 1 aromatic carbocycles. The van der Waals surface area contributed by atoms with Gasteiger partial charge in [0.2, 0.25) is 0 Å². The van der Waals surface area contributed by atoms with Crippen molar-refractivity contribution in [1.82, 2.24) is 5.32 Å². The summed E-state index contributed by atoms with van der Waals surface area (Å²) in [6.07, 6.45) is 0. The fraction of sp³-hybridized carbons (Fsp3) is 0.417. The van der Waals surface area contributed by atoms with Gasteiger partial charge in [0.05, 0.1) is 7.11 Å². The van der Waals surface area contributed by atoms with Crippen molar-refractivity contribution in [3.8, 4) is 0 Å². The molecule has 94 valence electrons. The predicted octanol–water partition coefficient (Wildman–Crippen LogP) is 2.34. The molecule has 0 aromatic heterocycles. The van der Waals surface area contributed by atoms with Crippen LogP contribution in [0.25, 0.3) is 0 Å². The van der Waals surface area contributed by atoms with Crippen LogP contribution in [0.15, 0.2) is 35.2 Å². The van der Waals surface area contributed by atoms with Crippen LogP contribution in [0.2, 0.25) is 0 Å². The second-order valence-corrected chi connectivity index (χ2v) is 6.03. The number of hydrogen-bond donors (Lipinski definition) is 1. The maximum Gasteiger partial charge on any atom is 0.319 e. The first-order chi connectivity index (χ1) is 8.24. The van der Waals surface area contributed by atoms with Gasteiger partial charge in [0.15, 0.2) is 0 Å². The number of benzene rings is 1. The quantitative estimate of drug-likeness (QED) is 0.265. The van der Waals surface area contributed by atoms with E-state index in [1.165, 1.54) is 12.0 Å². The summed E-state index contributed by atoms with van der Waals surface area (Å²) in [6, 6.07) is 10.3. The lowest BCUT2D eigenvalue weighted by Gasteiger charge is -2.08. The molecular weight excluding hydrogens is 349 g/mol. The van der Waals surface area contributed by atoms with Gasteiger partial charge in [-0.2, -0.15) is 0 Å². The SMILES string of the molecule is COC(=O)C(I)CNCCSc1ccccc1. The summed E-state index contributed by atoms with van der Waals surface area (Å²) in [5.41, 5.74) is 0. The highest BCUT2D eigenvalue weighted by Crippen LogP contribution is 2.15. The summed E-state index contributed by atoms with van der Waals surface area (Å²) in [5.74, 6) is 0.822. The molecular formula is C12H16INO2S. The first-order valence-electron chi connectivity index (χ1n) is 5.34. The van der Waals surface area contributed by atoms with Gasteiger partial charge in [0.25, 0.3) is 0 Å². The highest BCUT2D eigenvalue weighted by atomic mass is 127. The highest BCUT2D eigenvalue weighted by molar-refractivity contribution is 14.1. The predicted molar refractivity (Wildman–Crippen MR) is 79.9 cm³/mol. The summed E-state index contributed by atoms with van der Waals surface area (Å²) < 4.78 is 4.53. The number of nitrogens with one attached hydrogen (secondary N) is 1. The maximum atomic E-state index is 11.1. The molecule has 0 fully saturated rings. The fourth-order valence-electron chi connectivity index (χ4n) is 1.20. The first-order valence-corrected chi connectivity index (χ1v) is 7.57. The van der Waals surface area contributed by atoms with Gasteiger partial charge in [0, 0.05) is 23.7 Å². The molecule has 3 nitrogen and oxygen atoms in total. The number of ether oxygens (including phenoxy) is 1. The summed E-state index contributed by atoms with van der Waals surface area (Å²) >= 11 is 3.89. The average Bonchev–Trinajstić information content (AvgIpc) is 2.38. The lowest BCUT2D eigenvalue weighted by atomic mass is 10.4. The van der Waals surface area contributed by atoms with E-state index in [1.807, 2.05) is 18.2 Å². The molecule has 1 rings (SSSR count). The van der Waals surface area contributed by atoms with Crippen molar-refractivity contribution in [2.45, 2.75) is 8.82 Å². The Morgan fingerprint density at radius 2 is 2.18 bits per heavy atom. The third-order valence-corrected chi connectivity index (χ3v) is 4.03. The van der Waals surface area contributed by atoms with E-state index in [4.69, 9.17) is 0 Å². The van der Waals surface area contributed by atoms with Gasteiger partial charge in [-0.25, -0.2) is 0 Å². The zero-order valence-corrected chi connectivity index (χ0v) is 12.7. The average molecular weight is 365 g/mol. The molecule has 0 aliphatic heterocycles. The number of carbonyl (C=O) groups excluding carboxylic acids is 1. The van der Waals surface area contributed by atoms with Gasteiger partial charge >= 0.3 is 5.97 Å². The lowest BCUT2D eigenvalue weighted by molar-refractivity contribution is -0.139. The van der Waals surface area contributed by atoms with E-state index in [-0.39, 0.29) is 9.89 Å². The molecule has 0 aliphatic carbocycles. The van der Waals surface area contributed by atoms with Crippen molar-refractivity contribution < 1.29 is 9.53 Å². The van der Waals surface area contributed by atoms with Crippen LogP contribution in [0.5, 0.6) is 0 Å². The van der Waals surface area contributed by atoms with E-state index < -0.39 is 0 Å². The van der Waals surface area contributed by atoms with Gasteiger partial charge in [-0.15, -0.1) is 11.8 Å². The third-order valence-electron chi connectivity index (χ3n) is 2.07. The number of esters is 1. The van der Waals surface area contributed by atoms with Crippen LogP contribution in [0.3, 0.4) is 0 Å². The summed E-state index contributed by atoms with van der Waals surface area (Å²) in [6.45, 7) is 1.54. The Hall–Kier alpha value is -0.270. The number of alkyl halides is 1. The minimum Gasteiger partial charge on any atom is -0.468 e. The Bertz CT molecular complexity index is 335. The van der Waals surface area contributed by atoms with Crippen LogP contribution in [-0.4, -0.2) is 35.8 Å². The second-order valence-electron chi connectivity index (χ2n) is 3.36. The van der Waals surface area contributed by atoms with Crippen molar-refractivity contribution >= 4 is 40.3 Å². The van der Waals surface area contributed by atoms with Gasteiger partial charge < -0.3 is 10.1 Å². The van der Waals surface area contributed by atoms with Crippen LogP contribution in [0.4, 0.5) is 0 Å². The molecule has 1 N–H and O–H groups in total. The molecule has 0 saturated heterocycles. The standard InChI is InChI=1S/C12H16INO2S/c1-16-12(15)11(13)9-14-7-8-17-10-5-3-2-4-6-10/h2-6,11,14H,7-9H2,1H3. The summed E-state index contributed by atoms with van der Waals surface area (Å²) in [4.78, 5) is 12.4. The second kappa shape index (κ2) is 8.77. The zero-order chi connectivity index (χ0) is 12.5. The summed E-state index contributed by atoms with van der Waals surface area (Å²) in [5, 5.41) is 3.24. The lowest BCUT2D eigenvalue weighted by Crippen LogP contribution is -2.30. The maximum absolute atomic E-state index is 11.1. The fourth-order valence-corrected chi connectivity index (χ4v) is 2.60. The normalized spacial score (nSPS) is 12.1.